The van der Waals surface area contributed by atoms with Crippen molar-refractivity contribution < 1.29 is 24.3 Å². The van der Waals surface area contributed by atoms with Crippen molar-refractivity contribution in [3.05, 3.63) is 0 Å². The van der Waals surface area contributed by atoms with Crippen LogP contribution in [0.3, 0.4) is 0 Å². The maximum absolute atomic E-state index is 11.1. The first kappa shape index (κ1) is 15.0. The predicted molar refractivity (Wildman–Crippen MR) is 62.3 cm³/mol. The largest absolute Gasteiger partial charge is 0.391 e. The van der Waals surface area contributed by atoms with E-state index in [-0.39, 0.29) is 25.0 Å². The number of hydrogen-bond acceptors (Lipinski definition) is 6. The van der Waals surface area contributed by atoms with Gasteiger partial charge in [-0.3, -0.25) is 9.63 Å². The Bertz CT molecular complexity index is 287. The summed E-state index contributed by atoms with van der Waals surface area (Å²) in [4.78, 5) is 26.3. The number of rotatable bonds is 6. The third-order valence-corrected chi connectivity index (χ3v) is 2.73. The van der Waals surface area contributed by atoms with Crippen LogP contribution in [0.1, 0.15) is 26.7 Å². The van der Waals surface area contributed by atoms with E-state index < -0.39 is 18.4 Å². The fourth-order valence-electron chi connectivity index (χ4n) is 1.95. The first-order chi connectivity index (χ1) is 8.58. The van der Waals surface area contributed by atoms with E-state index in [9.17, 15) is 14.7 Å². The van der Waals surface area contributed by atoms with Crippen molar-refractivity contribution >= 4 is 12.2 Å². The molecule has 0 aromatic heterocycles. The molecule has 1 saturated heterocycles. The van der Waals surface area contributed by atoms with E-state index in [0.717, 1.165) is 0 Å². The van der Waals surface area contributed by atoms with Gasteiger partial charge < -0.3 is 20.0 Å². The maximum atomic E-state index is 11.1. The summed E-state index contributed by atoms with van der Waals surface area (Å²) < 4.78 is 5.59. The van der Waals surface area contributed by atoms with Gasteiger partial charge in [-0.25, -0.2) is 0 Å². The Labute approximate surface area is 106 Å². The monoisotopic (exact) mass is 260 g/mol. The van der Waals surface area contributed by atoms with Gasteiger partial charge in [0.15, 0.2) is 6.29 Å². The molecular weight excluding hydrogens is 240 g/mol. The fraction of sp³-hybridized carbons (Fsp3) is 0.818. The Morgan fingerprint density at radius 2 is 2.33 bits per heavy atom. The van der Waals surface area contributed by atoms with Gasteiger partial charge in [0.2, 0.25) is 5.91 Å². The van der Waals surface area contributed by atoms with Gasteiger partial charge in [-0.2, -0.15) is 5.48 Å². The first-order valence-corrected chi connectivity index (χ1v) is 6.01. The van der Waals surface area contributed by atoms with Gasteiger partial charge in [0, 0.05) is 13.3 Å². The summed E-state index contributed by atoms with van der Waals surface area (Å²) in [6.45, 7) is 3.35. The van der Waals surface area contributed by atoms with Crippen LogP contribution in [0.5, 0.6) is 0 Å². The molecule has 0 radical (unpaired) electrons. The Hall–Kier alpha value is -1.02. The topological polar surface area (TPSA) is 96.9 Å². The highest BCUT2D eigenvalue weighted by molar-refractivity contribution is 5.73. The number of carbonyl (C=O) groups is 2. The van der Waals surface area contributed by atoms with Crippen molar-refractivity contribution in [2.75, 3.05) is 6.54 Å². The molecule has 4 atom stereocenters. The Balaban J connectivity index is 2.52. The molecule has 1 aliphatic heterocycles. The second kappa shape index (κ2) is 7.42. The number of carbonyl (C=O) groups excluding carboxylic acids is 2. The van der Waals surface area contributed by atoms with Gasteiger partial charge in [0.1, 0.15) is 6.29 Å². The van der Waals surface area contributed by atoms with Gasteiger partial charge >= 0.3 is 0 Å². The van der Waals surface area contributed by atoms with Crippen molar-refractivity contribution in [2.24, 2.45) is 0 Å². The van der Waals surface area contributed by atoms with Crippen molar-refractivity contribution in [1.82, 2.24) is 10.8 Å². The number of hydrogen-bond donors (Lipinski definition) is 3. The van der Waals surface area contributed by atoms with Crippen LogP contribution >= 0.6 is 0 Å². The molecular formula is C11H20N2O5. The Morgan fingerprint density at radius 3 is 2.89 bits per heavy atom. The highest BCUT2D eigenvalue weighted by Gasteiger charge is 2.38. The third-order valence-electron chi connectivity index (χ3n) is 2.73. The minimum absolute atomic E-state index is 0.0574. The molecule has 3 N–H and O–H groups in total. The third kappa shape index (κ3) is 4.34. The van der Waals surface area contributed by atoms with Crippen LogP contribution in [-0.4, -0.2) is 48.4 Å². The molecule has 1 amide bonds. The second-order valence-electron chi connectivity index (χ2n) is 4.17. The normalized spacial score (nSPS) is 31.9. The minimum atomic E-state index is -0.740. The summed E-state index contributed by atoms with van der Waals surface area (Å²) in [6, 6.07) is -0.432. The Kier molecular flexibility index (Phi) is 6.20. The van der Waals surface area contributed by atoms with E-state index in [2.05, 4.69) is 10.8 Å². The summed E-state index contributed by atoms with van der Waals surface area (Å²) in [6.07, 6.45) is -0.161. The summed E-state index contributed by atoms with van der Waals surface area (Å²) in [5.74, 6) is -0.209. The number of aldehydes is 1. The smallest absolute Gasteiger partial charge is 0.217 e. The number of nitrogens with one attached hydrogen (secondary N) is 2. The van der Waals surface area contributed by atoms with Crippen molar-refractivity contribution in [3.8, 4) is 0 Å². The van der Waals surface area contributed by atoms with E-state index in [4.69, 9.17) is 9.57 Å². The summed E-state index contributed by atoms with van der Waals surface area (Å²) in [7, 11) is 0. The molecule has 0 spiro atoms. The summed E-state index contributed by atoms with van der Waals surface area (Å²) in [5, 5.41) is 12.6. The van der Waals surface area contributed by atoms with Crippen LogP contribution in [0.4, 0.5) is 0 Å². The highest BCUT2D eigenvalue weighted by atomic mass is 16.8. The fourth-order valence-corrected chi connectivity index (χ4v) is 1.95. The lowest BCUT2D eigenvalue weighted by Crippen LogP contribution is -2.57. The van der Waals surface area contributed by atoms with Crippen molar-refractivity contribution in [2.45, 2.75) is 51.2 Å². The van der Waals surface area contributed by atoms with Crippen LogP contribution in [0, 0.1) is 0 Å². The summed E-state index contributed by atoms with van der Waals surface area (Å²) >= 11 is 0. The van der Waals surface area contributed by atoms with E-state index in [1.165, 1.54) is 6.92 Å². The molecule has 1 heterocycles. The predicted octanol–water partition coefficient (Wildman–Crippen LogP) is -0.903. The van der Waals surface area contributed by atoms with Crippen LogP contribution < -0.4 is 10.8 Å². The lowest BCUT2D eigenvalue weighted by atomic mass is 9.96. The van der Waals surface area contributed by atoms with E-state index in [1.54, 1.807) is 0 Å². The number of aliphatic hydroxyl groups is 1. The highest BCUT2D eigenvalue weighted by Crippen LogP contribution is 2.22. The second-order valence-corrected chi connectivity index (χ2v) is 4.17. The first-order valence-electron chi connectivity index (χ1n) is 6.01. The molecule has 104 valence electrons. The van der Waals surface area contributed by atoms with Crippen LogP contribution in [0.25, 0.3) is 0 Å². The van der Waals surface area contributed by atoms with Crippen molar-refractivity contribution in [3.63, 3.8) is 0 Å². The molecule has 1 rings (SSSR count). The molecule has 7 heteroatoms. The maximum Gasteiger partial charge on any atom is 0.217 e. The SMILES string of the molecule is CCC1OC(ONCC=O)CC(O)C1NC(C)=O. The molecule has 1 aliphatic rings. The molecule has 0 saturated carbocycles. The number of hydroxylamine groups is 1. The van der Waals surface area contributed by atoms with E-state index >= 15 is 0 Å². The molecule has 0 aromatic rings. The minimum Gasteiger partial charge on any atom is -0.391 e. The van der Waals surface area contributed by atoms with Crippen molar-refractivity contribution in [1.29, 1.82) is 0 Å². The molecule has 4 unspecified atom stereocenters. The molecule has 0 aliphatic carbocycles. The zero-order valence-electron chi connectivity index (χ0n) is 10.6. The van der Waals surface area contributed by atoms with Crippen LogP contribution in [0.15, 0.2) is 0 Å². The quantitative estimate of drug-likeness (QED) is 0.325. The number of amides is 1. The molecule has 18 heavy (non-hydrogen) atoms. The summed E-state index contributed by atoms with van der Waals surface area (Å²) in [5.41, 5.74) is 2.43. The van der Waals surface area contributed by atoms with Gasteiger partial charge in [0.05, 0.1) is 24.8 Å². The average Bonchev–Trinajstić information content (AvgIpc) is 2.32. The zero-order valence-corrected chi connectivity index (χ0v) is 10.6. The molecule has 0 bridgehead atoms. The lowest BCUT2D eigenvalue weighted by molar-refractivity contribution is -0.247. The molecule has 1 fully saturated rings. The van der Waals surface area contributed by atoms with Gasteiger partial charge in [0.25, 0.3) is 0 Å². The van der Waals surface area contributed by atoms with Gasteiger partial charge in [-0.15, -0.1) is 0 Å². The number of aliphatic hydroxyl groups excluding tert-OH is 1. The van der Waals surface area contributed by atoms with E-state index in [1.807, 2.05) is 6.92 Å². The lowest BCUT2D eigenvalue weighted by Gasteiger charge is -2.39. The Morgan fingerprint density at radius 1 is 1.61 bits per heavy atom. The molecule has 0 aromatic carbocycles. The van der Waals surface area contributed by atoms with Crippen LogP contribution in [0.2, 0.25) is 0 Å². The number of ether oxygens (including phenoxy) is 1. The zero-order chi connectivity index (χ0) is 13.5. The average molecular weight is 260 g/mol. The standard InChI is InChI=1S/C11H20N2O5/c1-3-9-11(13-7(2)15)8(16)6-10(17-9)18-12-4-5-14/h5,8-12,16H,3-4,6H2,1-2H3,(H,13,15). The van der Waals surface area contributed by atoms with Gasteiger partial charge in [-0.05, 0) is 6.42 Å². The van der Waals surface area contributed by atoms with Crippen LogP contribution in [-0.2, 0) is 19.2 Å². The van der Waals surface area contributed by atoms with E-state index in [0.29, 0.717) is 12.7 Å². The molecule has 7 nitrogen and oxygen atoms in total. The van der Waals surface area contributed by atoms with Gasteiger partial charge in [-0.1, -0.05) is 6.92 Å².